The molecular weight excluding hydrogens is 205 g/mol. The lowest BCUT2D eigenvalue weighted by Crippen LogP contribution is -2.27. The number of halogens is 3. The van der Waals surface area contributed by atoms with Crippen molar-refractivity contribution in [2.24, 2.45) is 5.73 Å². The van der Waals surface area contributed by atoms with Crippen LogP contribution >= 0.6 is 0 Å². The van der Waals surface area contributed by atoms with E-state index in [0.717, 1.165) is 12.5 Å². The van der Waals surface area contributed by atoms with E-state index in [4.69, 9.17) is 5.73 Å². The topological polar surface area (TPSA) is 29.3 Å². The second-order valence-electron chi connectivity index (χ2n) is 3.71. The molecule has 1 fully saturated rings. The van der Waals surface area contributed by atoms with Crippen LogP contribution in [0.5, 0.6) is 0 Å². The zero-order chi connectivity index (χ0) is 11.0. The number of hydrogen-bond acceptors (Lipinski definition) is 2. The third-order valence-electron chi connectivity index (χ3n) is 2.56. The maximum Gasteiger partial charge on any atom is 0.161 e. The molecular formula is C10H11F3N2. The minimum absolute atomic E-state index is 0.0301. The maximum absolute atomic E-state index is 13.3. The highest BCUT2D eigenvalue weighted by atomic mass is 19.2. The van der Waals surface area contributed by atoms with Crippen LogP contribution in [-0.2, 0) is 0 Å². The number of hydrogen-bond donors (Lipinski definition) is 1. The number of rotatable bonds is 1. The molecule has 2 nitrogen and oxygen atoms in total. The molecule has 82 valence electrons. The van der Waals surface area contributed by atoms with Gasteiger partial charge in [0, 0.05) is 31.3 Å². The Morgan fingerprint density at radius 3 is 2.40 bits per heavy atom. The quantitative estimate of drug-likeness (QED) is 0.723. The summed E-state index contributed by atoms with van der Waals surface area (Å²) in [5.41, 5.74) is 5.73. The molecule has 0 spiro atoms. The molecule has 2 rings (SSSR count). The van der Waals surface area contributed by atoms with Crippen LogP contribution in [0.4, 0.5) is 18.9 Å². The Morgan fingerprint density at radius 1 is 1.13 bits per heavy atom. The summed E-state index contributed by atoms with van der Waals surface area (Å²) in [7, 11) is 0. The summed E-state index contributed by atoms with van der Waals surface area (Å²) < 4.78 is 38.9. The summed E-state index contributed by atoms with van der Waals surface area (Å²) >= 11 is 0. The van der Waals surface area contributed by atoms with Crippen molar-refractivity contribution in [1.29, 1.82) is 0 Å². The minimum atomic E-state index is -1.17. The zero-order valence-corrected chi connectivity index (χ0v) is 8.01. The van der Waals surface area contributed by atoms with Crippen molar-refractivity contribution in [2.45, 2.75) is 12.5 Å². The first-order chi connectivity index (χ1) is 7.08. The molecule has 0 radical (unpaired) electrons. The van der Waals surface area contributed by atoms with Crippen LogP contribution in [0, 0.1) is 17.5 Å². The molecule has 15 heavy (non-hydrogen) atoms. The van der Waals surface area contributed by atoms with Gasteiger partial charge in [0.2, 0.25) is 0 Å². The van der Waals surface area contributed by atoms with Gasteiger partial charge in [-0.15, -0.1) is 0 Å². The summed E-state index contributed by atoms with van der Waals surface area (Å²) in [6.07, 6.45) is 0.735. The van der Waals surface area contributed by atoms with Crippen molar-refractivity contribution in [1.82, 2.24) is 0 Å². The molecule has 1 atom stereocenters. The Labute approximate surface area is 85.5 Å². The molecule has 5 heteroatoms. The monoisotopic (exact) mass is 216 g/mol. The molecule has 0 aromatic heterocycles. The Hall–Kier alpha value is -1.23. The van der Waals surface area contributed by atoms with Gasteiger partial charge in [0.15, 0.2) is 11.6 Å². The van der Waals surface area contributed by atoms with E-state index in [9.17, 15) is 13.2 Å². The summed E-state index contributed by atoms with van der Waals surface area (Å²) in [6.45, 7) is 1.05. The smallest absolute Gasteiger partial charge is 0.161 e. The SMILES string of the molecule is NC1CCN(c2cc(F)c(F)cc2F)C1. The Bertz CT molecular complexity index is 381. The van der Waals surface area contributed by atoms with E-state index < -0.39 is 17.5 Å². The second kappa shape index (κ2) is 3.73. The van der Waals surface area contributed by atoms with Gasteiger partial charge in [-0.2, -0.15) is 0 Å². The van der Waals surface area contributed by atoms with Crippen LogP contribution in [0.1, 0.15) is 6.42 Å². The van der Waals surface area contributed by atoms with Gasteiger partial charge in [-0.25, -0.2) is 13.2 Å². The molecule has 0 bridgehead atoms. The zero-order valence-electron chi connectivity index (χ0n) is 8.01. The Morgan fingerprint density at radius 2 is 1.80 bits per heavy atom. The number of benzene rings is 1. The van der Waals surface area contributed by atoms with Crippen LogP contribution in [0.25, 0.3) is 0 Å². The summed E-state index contributed by atoms with van der Waals surface area (Å²) in [6, 6.07) is 1.41. The van der Waals surface area contributed by atoms with E-state index in [1.165, 1.54) is 0 Å². The molecule has 0 saturated carbocycles. The van der Waals surface area contributed by atoms with Crippen molar-refractivity contribution in [2.75, 3.05) is 18.0 Å². The van der Waals surface area contributed by atoms with Crippen molar-refractivity contribution >= 4 is 5.69 Å². The van der Waals surface area contributed by atoms with Gasteiger partial charge in [0.1, 0.15) is 5.82 Å². The van der Waals surface area contributed by atoms with Crippen LogP contribution in [0.3, 0.4) is 0 Å². The lowest BCUT2D eigenvalue weighted by molar-refractivity contribution is 0.494. The lowest BCUT2D eigenvalue weighted by Gasteiger charge is -2.18. The maximum atomic E-state index is 13.3. The van der Waals surface area contributed by atoms with Gasteiger partial charge < -0.3 is 10.6 Å². The first-order valence-electron chi connectivity index (χ1n) is 4.73. The van der Waals surface area contributed by atoms with E-state index in [-0.39, 0.29) is 11.7 Å². The first kappa shape index (κ1) is 10.3. The molecule has 0 amide bonds. The predicted molar refractivity (Wildman–Crippen MR) is 51.1 cm³/mol. The minimum Gasteiger partial charge on any atom is -0.367 e. The fourth-order valence-corrected chi connectivity index (χ4v) is 1.76. The van der Waals surface area contributed by atoms with Gasteiger partial charge in [-0.1, -0.05) is 0 Å². The lowest BCUT2D eigenvalue weighted by atomic mass is 10.2. The number of nitrogens with zero attached hydrogens (tertiary/aromatic N) is 1. The highest BCUT2D eigenvalue weighted by Gasteiger charge is 2.23. The summed E-state index contributed by atoms with van der Waals surface area (Å²) in [5, 5.41) is 0. The van der Waals surface area contributed by atoms with Crippen LogP contribution in [0.2, 0.25) is 0 Å². The number of anilines is 1. The van der Waals surface area contributed by atoms with E-state index >= 15 is 0 Å². The van der Waals surface area contributed by atoms with Gasteiger partial charge in [-0.05, 0) is 6.42 Å². The average molecular weight is 216 g/mol. The molecule has 1 heterocycles. The largest absolute Gasteiger partial charge is 0.367 e. The molecule has 1 saturated heterocycles. The van der Waals surface area contributed by atoms with E-state index in [1.807, 2.05) is 0 Å². The van der Waals surface area contributed by atoms with Gasteiger partial charge >= 0.3 is 0 Å². The fraction of sp³-hybridized carbons (Fsp3) is 0.400. The summed E-state index contributed by atoms with van der Waals surface area (Å²) in [4.78, 5) is 1.63. The molecule has 1 aliphatic rings. The molecule has 2 N–H and O–H groups in total. The normalized spacial score (nSPS) is 21.1. The third kappa shape index (κ3) is 1.92. The summed E-state index contributed by atoms with van der Waals surface area (Å²) in [5.74, 6) is -2.95. The number of nitrogens with two attached hydrogens (primary N) is 1. The van der Waals surface area contributed by atoms with E-state index in [1.54, 1.807) is 4.90 Å². The highest BCUT2D eigenvalue weighted by Crippen LogP contribution is 2.25. The van der Waals surface area contributed by atoms with Crippen LogP contribution < -0.4 is 10.6 Å². The Kier molecular flexibility index (Phi) is 2.56. The van der Waals surface area contributed by atoms with Crippen molar-refractivity contribution in [3.63, 3.8) is 0 Å². The molecule has 0 aliphatic carbocycles. The van der Waals surface area contributed by atoms with Gasteiger partial charge in [0.05, 0.1) is 5.69 Å². The average Bonchev–Trinajstić information content (AvgIpc) is 2.58. The third-order valence-corrected chi connectivity index (χ3v) is 2.56. The standard InChI is InChI=1S/C10H11F3N2/c11-7-3-9(13)10(4-8(7)12)15-2-1-6(14)5-15/h3-4,6H,1-2,5,14H2. The highest BCUT2D eigenvalue weighted by molar-refractivity contribution is 5.49. The van der Waals surface area contributed by atoms with Crippen LogP contribution in [0.15, 0.2) is 12.1 Å². The van der Waals surface area contributed by atoms with E-state index in [0.29, 0.717) is 19.2 Å². The van der Waals surface area contributed by atoms with Gasteiger partial charge in [-0.3, -0.25) is 0 Å². The first-order valence-corrected chi connectivity index (χ1v) is 4.73. The van der Waals surface area contributed by atoms with Gasteiger partial charge in [0.25, 0.3) is 0 Å². The van der Waals surface area contributed by atoms with Crippen LogP contribution in [-0.4, -0.2) is 19.1 Å². The van der Waals surface area contributed by atoms with Crippen molar-refractivity contribution < 1.29 is 13.2 Å². The van der Waals surface area contributed by atoms with Crippen molar-refractivity contribution in [3.05, 3.63) is 29.6 Å². The molecule has 1 aromatic rings. The Balaban J connectivity index is 2.32. The molecule has 1 aromatic carbocycles. The molecule has 1 unspecified atom stereocenters. The van der Waals surface area contributed by atoms with E-state index in [2.05, 4.69) is 0 Å². The predicted octanol–water partition coefficient (Wildman–Crippen LogP) is 1.64. The fourth-order valence-electron chi connectivity index (χ4n) is 1.76. The second-order valence-corrected chi connectivity index (χ2v) is 3.71. The molecule has 1 aliphatic heterocycles. The van der Waals surface area contributed by atoms with Crippen molar-refractivity contribution in [3.8, 4) is 0 Å².